The van der Waals surface area contributed by atoms with E-state index in [4.69, 9.17) is 9.47 Å². The Morgan fingerprint density at radius 3 is 2.26 bits per heavy atom. The Morgan fingerprint density at radius 1 is 0.842 bits per heavy atom. The van der Waals surface area contributed by atoms with E-state index in [1.165, 1.54) is 11.1 Å². The molecule has 0 aliphatic heterocycles. The maximum absolute atomic E-state index is 5.36. The lowest BCUT2D eigenvalue weighted by Gasteiger charge is -2.07. The van der Waals surface area contributed by atoms with Gasteiger partial charge in [0.05, 0.1) is 14.2 Å². The van der Waals surface area contributed by atoms with Gasteiger partial charge in [0.15, 0.2) is 0 Å². The minimum Gasteiger partial charge on any atom is -0.497 e. The minimum atomic E-state index is 0.824. The smallest absolute Gasteiger partial charge is 0.126 e. The molecule has 0 bridgehead atoms. The van der Waals surface area contributed by atoms with Gasteiger partial charge in [0, 0.05) is 5.56 Å². The summed E-state index contributed by atoms with van der Waals surface area (Å²) >= 11 is 0. The van der Waals surface area contributed by atoms with Crippen molar-refractivity contribution in [1.29, 1.82) is 0 Å². The summed E-state index contributed by atoms with van der Waals surface area (Å²) < 4.78 is 10.6. The van der Waals surface area contributed by atoms with E-state index in [0.717, 1.165) is 17.1 Å². The van der Waals surface area contributed by atoms with E-state index < -0.39 is 0 Å². The molecule has 0 fully saturated rings. The van der Waals surface area contributed by atoms with Gasteiger partial charge in [0.2, 0.25) is 0 Å². The first-order valence-corrected chi connectivity index (χ1v) is 6.20. The van der Waals surface area contributed by atoms with Crippen LogP contribution in [-0.2, 0) is 0 Å². The van der Waals surface area contributed by atoms with Gasteiger partial charge in [-0.2, -0.15) is 0 Å². The van der Waals surface area contributed by atoms with Crippen molar-refractivity contribution in [3.8, 4) is 11.5 Å². The maximum Gasteiger partial charge on any atom is 0.126 e. The third kappa shape index (κ3) is 3.16. The van der Waals surface area contributed by atoms with E-state index in [9.17, 15) is 0 Å². The number of methoxy groups -OCH3 is 2. The van der Waals surface area contributed by atoms with Gasteiger partial charge in [0.1, 0.15) is 11.5 Å². The first kappa shape index (κ1) is 13.2. The van der Waals surface area contributed by atoms with Gasteiger partial charge in [-0.1, -0.05) is 36.4 Å². The predicted octanol–water partition coefficient (Wildman–Crippen LogP) is 4.18. The van der Waals surface area contributed by atoms with Gasteiger partial charge >= 0.3 is 0 Å². The molecule has 0 amide bonds. The number of benzene rings is 2. The number of ether oxygens (including phenoxy) is 2. The van der Waals surface area contributed by atoms with Crippen LogP contribution < -0.4 is 9.47 Å². The predicted molar refractivity (Wildman–Crippen MR) is 79.7 cm³/mol. The van der Waals surface area contributed by atoms with Crippen LogP contribution >= 0.6 is 0 Å². The third-order valence-corrected chi connectivity index (χ3v) is 3.07. The molecule has 98 valence electrons. The van der Waals surface area contributed by atoms with Crippen LogP contribution in [0.25, 0.3) is 12.2 Å². The molecular weight excluding hydrogens is 236 g/mol. The highest BCUT2D eigenvalue weighted by Gasteiger charge is 2.02. The van der Waals surface area contributed by atoms with E-state index in [-0.39, 0.29) is 0 Å². The summed E-state index contributed by atoms with van der Waals surface area (Å²) in [6.45, 7) is 2.10. The van der Waals surface area contributed by atoms with Crippen LogP contribution in [0.1, 0.15) is 16.7 Å². The van der Waals surface area contributed by atoms with Gasteiger partial charge in [-0.15, -0.1) is 0 Å². The lowest BCUT2D eigenvalue weighted by molar-refractivity contribution is 0.402. The maximum atomic E-state index is 5.36. The SMILES string of the molecule is COc1ccc(OC)c(/C=C/c2ccccc2C)c1. The van der Waals surface area contributed by atoms with Crippen molar-refractivity contribution in [2.75, 3.05) is 14.2 Å². The van der Waals surface area contributed by atoms with Crippen LogP contribution in [-0.4, -0.2) is 14.2 Å². The Balaban J connectivity index is 2.34. The van der Waals surface area contributed by atoms with Gasteiger partial charge in [-0.05, 0) is 36.2 Å². The molecule has 0 N–H and O–H groups in total. The van der Waals surface area contributed by atoms with Crippen LogP contribution in [0.5, 0.6) is 11.5 Å². The second-order valence-corrected chi connectivity index (χ2v) is 4.30. The van der Waals surface area contributed by atoms with Crippen molar-refractivity contribution in [3.63, 3.8) is 0 Å². The van der Waals surface area contributed by atoms with Crippen molar-refractivity contribution >= 4 is 12.2 Å². The summed E-state index contributed by atoms with van der Waals surface area (Å²) in [5.41, 5.74) is 3.46. The first-order valence-electron chi connectivity index (χ1n) is 6.20. The summed E-state index contributed by atoms with van der Waals surface area (Å²) in [7, 11) is 3.34. The van der Waals surface area contributed by atoms with Crippen molar-refractivity contribution in [1.82, 2.24) is 0 Å². The molecular formula is C17H18O2. The van der Waals surface area contributed by atoms with Gasteiger partial charge in [-0.3, -0.25) is 0 Å². The number of rotatable bonds is 4. The quantitative estimate of drug-likeness (QED) is 0.762. The fourth-order valence-corrected chi connectivity index (χ4v) is 1.92. The zero-order valence-corrected chi connectivity index (χ0v) is 11.5. The van der Waals surface area contributed by atoms with Crippen molar-refractivity contribution < 1.29 is 9.47 Å². The first-order chi connectivity index (χ1) is 9.24. The molecule has 2 nitrogen and oxygen atoms in total. The lowest BCUT2D eigenvalue weighted by Crippen LogP contribution is -1.89. The van der Waals surface area contributed by atoms with Gasteiger partial charge in [0.25, 0.3) is 0 Å². The topological polar surface area (TPSA) is 18.5 Å². The third-order valence-electron chi connectivity index (χ3n) is 3.07. The molecule has 0 unspecified atom stereocenters. The molecule has 0 radical (unpaired) electrons. The van der Waals surface area contributed by atoms with Crippen LogP contribution in [0.4, 0.5) is 0 Å². The molecule has 0 aliphatic carbocycles. The highest BCUT2D eigenvalue weighted by molar-refractivity contribution is 5.74. The van der Waals surface area contributed by atoms with Crippen LogP contribution in [0, 0.1) is 6.92 Å². The fraction of sp³-hybridized carbons (Fsp3) is 0.176. The Hall–Kier alpha value is -2.22. The second-order valence-electron chi connectivity index (χ2n) is 4.30. The average Bonchev–Trinajstić information content (AvgIpc) is 2.46. The van der Waals surface area contributed by atoms with E-state index in [1.807, 2.05) is 36.4 Å². The molecule has 0 saturated heterocycles. The van der Waals surface area contributed by atoms with E-state index in [0.29, 0.717) is 0 Å². The molecule has 0 saturated carbocycles. The molecule has 19 heavy (non-hydrogen) atoms. The molecule has 0 heterocycles. The normalized spacial score (nSPS) is 10.7. The van der Waals surface area contributed by atoms with Crippen LogP contribution in [0.2, 0.25) is 0 Å². The van der Waals surface area contributed by atoms with Crippen molar-refractivity contribution in [3.05, 3.63) is 59.2 Å². The van der Waals surface area contributed by atoms with Gasteiger partial charge in [-0.25, -0.2) is 0 Å². The molecule has 2 aromatic carbocycles. The Kier molecular flexibility index (Phi) is 4.24. The molecule has 0 aromatic heterocycles. The summed E-state index contributed by atoms with van der Waals surface area (Å²) in [6.07, 6.45) is 4.14. The zero-order valence-electron chi connectivity index (χ0n) is 11.5. The Bertz CT molecular complexity index is 586. The highest BCUT2D eigenvalue weighted by Crippen LogP contribution is 2.26. The largest absolute Gasteiger partial charge is 0.497 e. The molecule has 0 spiro atoms. The Labute approximate surface area is 114 Å². The molecule has 2 heteroatoms. The zero-order chi connectivity index (χ0) is 13.7. The van der Waals surface area contributed by atoms with E-state index in [2.05, 4.69) is 25.1 Å². The van der Waals surface area contributed by atoms with Crippen LogP contribution in [0.15, 0.2) is 42.5 Å². The summed E-state index contributed by atoms with van der Waals surface area (Å²) in [4.78, 5) is 0. The summed E-state index contributed by atoms with van der Waals surface area (Å²) in [6, 6.07) is 14.0. The number of hydrogen-bond acceptors (Lipinski definition) is 2. The second kappa shape index (κ2) is 6.10. The minimum absolute atomic E-state index is 0.824. The van der Waals surface area contributed by atoms with Gasteiger partial charge < -0.3 is 9.47 Å². The molecule has 0 aliphatic rings. The highest BCUT2D eigenvalue weighted by atomic mass is 16.5. The van der Waals surface area contributed by atoms with E-state index in [1.54, 1.807) is 14.2 Å². The summed E-state index contributed by atoms with van der Waals surface area (Å²) in [5, 5.41) is 0. The van der Waals surface area contributed by atoms with E-state index >= 15 is 0 Å². The standard InChI is InChI=1S/C17H18O2/c1-13-6-4-5-7-14(13)8-9-15-12-16(18-2)10-11-17(15)19-3/h4-12H,1-3H3/b9-8+. The van der Waals surface area contributed by atoms with Crippen LogP contribution in [0.3, 0.4) is 0 Å². The number of aryl methyl sites for hydroxylation is 1. The number of hydrogen-bond donors (Lipinski definition) is 0. The summed E-state index contributed by atoms with van der Waals surface area (Å²) in [5.74, 6) is 1.66. The Morgan fingerprint density at radius 2 is 1.58 bits per heavy atom. The lowest BCUT2D eigenvalue weighted by atomic mass is 10.1. The van der Waals surface area contributed by atoms with Crippen molar-refractivity contribution in [2.45, 2.75) is 6.92 Å². The fourth-order valence-electron chi connectivity index (χ4n) is 1.92. The average molecular weight is 254 g/mol. The molecule has 2 rings (SSSR count). The molecule has 0 atom stereocenters. The molecule has 2 aromatic rings. The monoisotopic (exact) mass is 254 g/mol. The van der Waals surface area contributed by atoms with Crippen molar-refractivity contribution in [2.24, 2.45) is 0 Å².